The minimum Gasteiger partial charge on any atom is -0.465 e. The molecular formula is C20H38O9. The number of aliphatic hydroxyl groups excluding tert-OH is 2. The van der Waals surface area contributed by atoms with Crippen LogP contribution >= 0.6 is 0 Å². The van der Waals surface area contributed by atoms with Crippen LogP contribution in [-0.4, -0.2) is 75.0 Å². The fourth-order valence-electron chi connectivity index (χ4n) is 2.45. The Bertz CT molecular complexity index is 453. The predicted octanol–water partition coefficient (Wildman–Crippen LogP) is 1.96. The maximum atomic E-state index is 13.2. The van der Waals surface area contributed by atoms with E-state index >= 15 is 0 Å². The summed E-state index contributed by atoms with van der Waals surface area (Å²) in [5, 5.41) is 19.3. The van der Waals surface area contributed by atoms with Gasteiger partial charge in [0.2, 0.25) is 5.57 Å². The van der Waals surface area contributed by atoms with Gasteiger partial charge in [-0.05, 0) is 41.0 Å². The molecule has 0 rings (SSSR count). The zero-order chi connectivity index (χ0) is 22.3. The van der Waals surface area contributed by atoms with Crippen molar-refractivity contribution in [3.05, 3.63) is 11.5 Å². The molecule has 0 aliphatic heterocycles. The number of rotatable bonds is 17. The second-order valence-electron chi connectivity index (χ2n) is 6.13. The first-order valence-electron chi connectivity index (χ1n) is 10.2. The Balaban J connectivity index is 6.27. The Kier molecular flexibility index (Phi) is 13.9. The minimum atomic E-state index is -1.89. The number of carbonyl (C=O) groups is 1. The lowest BCUT2D eigenvalue weighted by Crippen LogP contribution is -2.46. The van der Waals surface area contributed by atoms with E-state index in [0.29, 0.717) is 6.42 Å². The van der Waals surface area contributed by atoms with Crippen molar-refractivity contribution in [2.45, 2.75) is 53.9 Å². The molecule has 0 aliphatic carbocycles. The molecule has 0 fully saturated rings. The van der Waals surface area contributed by atoms with Crippen molar-refractivity contribution in [1.82, 2.24) is 0 Å². The van der Waals surface area contributed by atoms with E-state index in [1.165, 1.54) is 0 Å². The molecular weight excluding hydrogens is 384 g/mol. The van der Waals surface area contributed by atoms with E-state index in [4.69, 9.17) is 28.4 Å². The Labute approximate surface area is 173 Å². The lowest BCUT2D eigenvalue weighted by molar-refractivity contribution is -0.354. The highest BCUT2D eigenvalue weighted by Crippen LogP contribution is 2.32. The highest BCUT2D eigenvalue weighted by atomic mass is 16.9. The van der Waals surface area contributed by atoms with Crippen LogP contribution < -0.4 is 0 Å². The molecule has 0 aromatic carbocycles. The van der Waals surface area contributed by atoms with E-state index in [9.17, 15) is 15.0 Å². The minimum absolute atomic E-state index is 0.120. The van der Waals surface area contributed by atoms with E-state index < -0.39 is 17.4 Å². The Hall–Kier alpha value is -1.39. The number of ether oxygens (including phenoxy) is 6. The maximum Gasteiger partial charge on any atom is 0.349 e. The monoisotopic (exact) mass is 422 g/mol. The average Bonchev–Trinajstić information content (AvgIpc) is 2.70. The number of carbonyl (C=O) groups excluding carboxylic acids is 1. The fourth-order valence-corrected chi connectivity index (χ4v) is 2.45. The number of hydrogen-bond donors (Lipinski definition) is 2. The summed E-state index contributed by atoms with van der Waals surface area (Å²) in [5.41, 5.74) is -1.17. The molecule has 9 heteroatoms. The van der Waals surface area contributed by atoms with Crippen LogP contribution in [0.5, 0.6) is 0 Å². The summed E-state index contributed by atoms with van der Waals surface area (Å²) < 4.78 is 33.7. The third-order valence-electron chi connectivity index (χ3n) is 4.20. The molecule has 0 unspecified atom stereocenters. The topological polar surface area (TPSA) is 113 Å². The summed E-state index contributed by atoms with van der Waals surface area (Å²) in [7, 11) is 0. The molecule has 0 saturated heterocycles. The van der Waals surface area contributed by atoms with Crippen molar-refractivity contribution >= 4 is 5.97 Å². The van der Waals surface area contributed by atoms with Crippen LogP contribution in [0, 0.1) is 5.41 Å². The van der Waals surface area contributed by atoms with Crippen LogP contribution in [0.2, 0.25) is 0 Å². The quantitative estimate of drug-likeness (QED) is 0.157. The molecule has 9 nitrogen and oxygen atoms in total. The van der Waals surface area contributed by atoms with Crippen molar-refractivity contribution in [3.63, 3.8) is 0 Å². The SMILES string of the molecule is CCOC(OCC)=C(C(=O)OCC(CC)(CO)CO)C(OCC)(OCC)OCC. The van der Waals surface area contributed by atoms with Gasteiger partial charge < -0.3 is 38.6 Å². The van der Waals surface area contributed by atoms with Crippen molar-refractivity contribution < 1.29 is 43.4 Å². The first-order valence-corrected chi connectivity index (χ1v) is 10.2. The highest BCUT2D eigenvalue weighted by Gasteiger charge is 2.48. The van der Waals surface area contributed by atoms with Crippen molar-refractivity contribution in [2.24, 2.45) is 5.41 Å². The highest BCUT2D eigenvalue weighted by molar-refractivity contribution is 5.90. The first kappa shape index (κ1) is 27.6. The fraction of sp³-hybridized carbons (Fsp3) is 0.850. The van der Waals surface area contributed by atoms with Crippen LogP contribution in [0.4, 0.5) is 0 Å². The van der Waals surface area contributed by atoms with Crippen LogP contribution in [-0.2, 0) is 33.2 Å². The van der Waals surface area contributed by atoms with Crippen LogP contribution in [0.15, 0.2) is 11.5 Å². The van der Waals surface area contributed by atoms with Gasteiger partial charge in [0.05, 0.1) is 31.8 Å². The van der Waals surface area contributed by atoms with Gasteiger partial charge >= 0.3 is 11.9 Å². The molecule has 0 amide bonds. The van der Waals surface area contributed by atoms with Crippen molar-refractivity contribution in [3.8, 4) is 0 Å². The lowest BCUT2D eigenvalue weighted by Gasteiger charge is -2.34. The number of esters is 1. The van der Waals surface area contributed by atoms with Gasteiger partial charge in [0, 0.05) is 19.8 Å². The maximum absolute atomic E-state index is 13.2. The molecule has 0 aliphatic rings. The Morgan fingerprint density at radius 2 is 1.17 bits per heavy atom. The van der Waals surface area contributed by atoms with Gasteiger partial charge in [-0.15, -0.1) is 0 Å². The van der Waals surface area contributed by atoms with Gasteiger partial charge in [-0.2, -0.15) is 0 Å². The Morgan fingerprint density at radius 1 is 0.724 bits per heavy atom. The second-order valence-corrected chi connectivity index (χ2v) is 6.13. The van der Waals surface area contributed by atoms with Gasteiger partial charge in [0.15, 0.2) is 0 Å². The molecule has 172 valence electrons. The van der Waals surface area contributed by atoms with E-state index in [-0.39, 0.29) is 64.4 Å². The molecule has 2 N–H and O–H groups in total. The number of aliphatic hydroxyl groups is 2. The first-order chi connectivity index (χ1) is 13.9. The zero-order valence-corrected chi connectivity index (χ0v) is 18.6. The molecule has 29 heavy (non-hydrogen) atoms. The average molecular weight is 423 g/mol. The van der Waals surface area contributed by atoms with Crippen molar-refractivity contribution in [2.75, 3.05) is 52.9 Å². The van der Waals surface area contributed by atoms with E-state index in [1.807, 2.05) is 0 Å². The molecule has 0 saturated carbocycles. The van der Waals surface area contributed by atoms with Crippen LogP contribution in [0.25, 0.3) is 0 Å². The van der Waals surface area contributed by atoms with Gasteiger partial charge in [-0.1, -0.05) is 6.92 Å². The smallest absolute Gasteiger partial charge is 0.349 e. The zero-order valence-electron chi connectivity index (χ0n) is 18.6. The van der Waals surface area contributed by atoms with E-state index in [1.54, 1.807) is 41.5 Å². The predicted molar refractivity (Wildman–Crippen MR) is 106 cm³/mol. The molecule has 0 aromatic rings. The summed E-state index contributed by atoms with van der Waals surface area (Å²) in [6.07, 6.45) is 0.406. The molecule has 0 atom stereocenters. The van der Waals surface area contributed by atoms with Gasteiger partial charge in [0.25, 0.3) is 5.95 Å². The van der Waals surface area contributed by atoms with E-state index in [2.05, 4.69) is 0 Å². The lowest BCUT2D eigenvalue weighted by atomic mass is 9.88. The van der Waals surface area contributed by atoms with Gasteiger partial charge in [0.1, 0.15) is 6.61 Å². The number of hydrogen-bond acceptors (Lipinski definition) is 9. The molecule has 0 radical (unpaired) electrons. The summed E-state index contributed by atoms with van der Waals surface area (Å²) in [6, 6.07) is 0. The summed E-state index contributed by atoms with van der Waals surface area (Å²) in [6.45, 7) is 10.5. The molecule has 0 aromatic heterocycles. The standard InChI is InChI=1S/C20H38O9/c1-7-19(13-21,14-22)15-26-17(23)16(18(24-8-2)25-9-3)20(27-10-4,28-11-5)29-12-6/h21-22H,7-15H2,1-6H3. The molecule has 0 heterocycles. The second kappa shape index (κ2) is 14.6. The third-order valence-corrected chi connectivity index (χ3v) is 4.20. The summed E-state index contributed by atoms with van der Waals surface area (Å²) >= 11 is 0. The van der Waals surface area contributed by atoms with E-state index in [0.717, 1.165) is 0 Å². The summed E-state index contributed by atoms with van der Waals surface area (Å²) in [5.74, 6) is -2.86. The van der Waals surface area contributed by atoms with Gasteiger partial charge in [-0.3, -0.25) is 0 Å². The normalized spacial score (nSPS) is 11.9. The van der Waals surface area contributed by atoms with Gasteiger partial charge in [-0.25, -0.2) is 4.79 Å². The van der Waals surface area contributed by atoms with Crippen molar-refractivity contribution in [1.29, 1.82) is 0 Å². The molecule has 0 spiro atoms. The molecule has 0 bridgehead atoms. The third kappa shape index (κ3) is 7.75. The summed E-state index contributed by atoms with van der Waals surface area (Å²) in [4.78, 5) is 13.2. The largest absolute Gasteiger partial charge is 0.465 e. The van der Waals surface area contributed by atoms with Crippen LogP contribution in [0.1, 0.15) is 48.0 Å². The Morgan fingerprint density at radius 3 is 1.48 bits per heavy atom. The van der Waals surface area contributed by atoms with Crippen LogP contribution in [0.3, 0.4) is 0 Å².